The molecule has 110 valence electrons. The number of halogens is 1. The highest BCUT2D eigenvalue weighted by atomic mass is 79.9. The summed E-state index contributed by atoms with van der Waals surface area (Å²) in [4.78, 5) is 11.6. The molecule has 20 heavy (non-hydrogen) atoms. The van der Waals surface area contributed by atoms with Gasteiger partial charge in [-0.1, -0.05) is 19.1 Å². The molecule has 0 radical (unpaired) electrons. The van der Waals surface area contributed by atoms with Crippen LogP contribution in [0.15, 0.2) is 33.6 Å². The van der Waals surface area contributed by atoms with Gasteiger partial charge in [0.25, 0.3) is 0 Å². The van der Waals surface area contributed by atoms with Crippen LogP contribution in [0.2, 0.25) is 0 Å². The van der Waals surface area contributed by atoms with E-state index in [1.54, 1.807) is 25.1 Å². The average molecular weight is 362 g/mol. The Hall–Kier alpha value is -0.920. The standard InChI is InChI=1S/C13H16BrNO4S/c1-2-13(12(16)17)7-8-15(9-13)20(18,19)11-6-4-3-5-10(11)14/h3-6H,2,7-9H2,1H3,(H,16,17). The lowest BCUT2D eigenvalue weighted by Gasteiger charge is -2.23. The fourth-order valence-corrected chi connectivity index (χ4v) is 4.94. The minimum Gasteiger partial charge on any atom is -0.481 e. The van der Waals surface area contributed by atoms with Crippen LogP contribution in [0.5, 0.6) is 0 Å². The highest BCUT2D eigenvalue weighted by molar-refractivity contribution is 9.10. The fourth-order valence-electron chi connectivity index (χ4n) is 2.45. The average Bonchev–Trinajstić information content (AvgIpc) is 2.85. The van der Waals surface area contributed by atoms with Crippen molar-refractivity contribution in [2.75, 3.05) is 13.1 Å². The van der Waals surface area contributed by atoms with Gasteiger partial charge in [0.2, 0.25) is 10.0 Å². The molecule has 1 heterocycles. The summed E-state index contributed by atoms with van der Waals surface area (Å²) in [5.41, 5.74) is -0.964. The van der Waals surface area contributed by atoms with Crippen LogP contribution in [0.3, 0.4) is 0 Å². The molecule has 1 aromatic carbocycles. The van der Waals surface area contributed by atoms with E-state index in [0.29, 0.717) is 17.3 Å². The molecule has 1 unspecified atom stereocenters. The lowest BCUT2D eigenvalue weighted by atomic mass is 9.85. The lowest BCUT2D eigenvalue weighted by molar-refractivity contribution is -0.148. The third-order valence-corrected chi connectivity index (χ3v) is 6.76. The molecular formula is C13H16BrNO4S. The predicted octanol–water partition coefficient (Wildman–Crippen LogP) is 2.32. The molecule has 1 N–H and O–H groups in total. The third-order valence-electron chi connectivity index (χ3n) is 3.90. The smallest absolute Gasteiger partial charge is 0.311 e. The summed E-state index contributed by atoms with van der Waals surface area (Å²) in [6, 6.07) is 6.57. The van der Waals surface area contributed by atoms with E-state index >= 15 is 0 Å². The second kappa shape index (κ2) is 5.46. The van der Waals surface area contributed by atoms with E-state index in [-0.39, 0.29) is 18.0 Å². The number of carboxylic acids is 1. The van der Waals surface area contributed by atoms with Crippen molar-refractivity contribution in [3.05, 3.63) is 28.7 Å². The van der Waals surface area contributed by atoms with Crippen LogP contribution in [0.4, 0.5) is 0 Å². The lowest BCUT2D eigenvalue weighted by Crippen LogP contribution is -2.36. The molecule has 1 aliphatic rings. The number of carbonyl (C=O) groups is 1. The number of hydrogen-bond donors (Lipinski definition) is 1. The van der Waals surface area contributed by atoms with Crippen LogP contribution >= 0.6 is 15.9 Å². The van der Waals surface area contributed by atoms with Crippen LogP contribution in [-0.4, -0.2) is 36.9 Å². The summed E-state index contributed by atoms with van der Waals surface area (Å²) >= 11 is 3.23. The zero-order valence-corrected chi connectivity index (χ0v) is 13.4. The Kier molecular flexibility index (Phi) is 4.22. The molecule has 1 aliphatic heterocycles. The van der Waals surface area contributed by atoms with Gasteiger partial charge in [0.1, 0.15) is 0 Å². The van der Waals surface area contributed by atoms with E-state index in [9.17, 15) is 18.3 Å². The van der Waals surface area contributed by atoms with Crippen LogP contribution in [0.1, 0.15) is 19.8 Å². The van der Waals surface area contributed by atoms with E-state index in [0.717, 1.165) is 0 Å². The van der Waals surface area contributed by atoms with Gasteiger partial charge in [0, 0.05) is 17.6 Å². The van der Waals surface area contributed by atoms with E-state index in [4.69, 9.17) is 0 Å². The fraction of sp³-hybridized carbons (Fsp3) is 0.462. The SMILES string of the molecule is CCC1(C(=O)O)CCN(S(=O)(=O)c2ccccc2Br)C1. The van der Waals surface area contributed by atoms with Gasteiger partial charge in [-0.2, -0.15) is 4.31 Å². The molecule has 2 rings (SSSR count). The Morgan fingerprint density at radius 2 is 2.10 bits per heavy atom. The van der Waals surface area contributed by atoms with Gasteiger partial charge in [-0.25, -0.2) is 8.42 Å². The number of sulfonamides is 1. The van der Waals surface area contributed by atoms with E-state index in [2.05, 4.69) is 15.9 Å². The molecule has 0 bridgehead atoms. The van der Waals surface area contributed by atoms with E-state index in [1.165, 1.54) is 10.4 Å². The molecule has 0 spiro atoms. The largest absolute Gasteiger partial charge is 0.481 e. The van der Waals surface area contributed by atoms with Gasteiger partial charge in [-0.15, -0.1) is 0 Å². The van der Waals surface area contributed by atoms with Crippen LogP contribution in [0, 0.1) is 5.41 Å². The van der Waals surface area contributed by atoms with E-state index < -0.39 is 21.4 Å². The maximum absolute atomic E-state index is 12.6. The highest BCUT2D eigenvalue weighted by Gasteiger charge is 2.47. The van der Waals surface area contributed by atoms with Gasteiger partial charge in [0.15, 0.2) is 0 Å². The van der Waals surface area contributed by atoms with Gasteiger partial charge in [-0.05, 0) is 40.9 Å². The third kappa shape index (κ3) is 2.49. The number of aliphatic carboxylic acids is 1. The first-order chi connectivity index (χ1) is 9.33. The summed E-state index contributed by atoms with van der Waals surface area (Å²) in [5.74, 6) is -0.926. The first-order valence-electron chi connectivity index (χ1n) is 6.31. The molecule has 1 saturated heterocycles. The molecule has 0 saturated carbocycles. The molecular weight excluding hydrogens is 346 g/mol. The first-order valence-corrected chi connectivity index (χ1v) is 8.55. The summed E-state index contributed by atoms with van der Waals surface area (Å²) in [7, 11) is -3.66. The molecule has 5 nitrogen and oxygen atoms in total. The second-order valence-corrected chi connectivity index (χ2v) is 7.72. The minimum absolute atomic E-state index is 0.0303. The second-order valence-electron chi connectivity index (χ2n) is 4.96. The van der Waals surface area contributed by atoms with Gasteiger partial charge >= 0.3 is 5.97 Å². The molecule has 7 heteroatoms. The van der Waals surface area contributed by atoms with Crippen molar-refractivity contribution >= 4 is 31.9 Å². The highest BCUT2D eigenvalue weighted by Crippen LogP contribution is 2.37. The predicted molar refractivity (Wildman–Crippen MR) is 77.9 cm³/mol. The van der Waals surface area contributed by atoms with Crippen molar-refractivity contribution in [1.29, 1.82) is 0 Å². The Labute approximate surface area is 126 Å². The molecule has 1 fully saturated rings. The minimum atomic E-state index is -3.66. The van der Waals surface area contributed by atoms with Crippen LogP contribution in [0.25, 0.3) is 0 Å². The van der Waals surface area contributed by atoms with Crippen molar-refractivity contribution in [1.82, 2.24) is 4.31 Å². The van der Waals surface area contributed by atoms with Gasteiger partial charge in [-0.3, -0.25) is 4.79 Å². The van der Waals surface area contributed by atoms with Crippen molar-refractivity contribution in [2.24, 2.45) is 5.41 Å². The number of hydrogen-bond acceptors (Lipinski definition) is 3. The van der Waals surface area contributed by atoms with Crippen LogP contribution in [-0.2, 0) is 14.8 Å². The van der Waals surface area contributed by atoms with Crippen molar-refractivity contribution < 1.29 is 18.3 Å². The number of nitrogens with zero attached hydrogens (tertiary/aromatic N) is 1. The quantitative estimate of drug-likeness (QED) is 0.892. The summed E-state index contributed by atoms with van der Waals surface area (Å²) in [6.07, 6.45) is 0.771. The number of carboxylic acid groups (broad SMARTS) is 1. The zero-order valence-electron chi connectivity index (χ0n) is 11.0. The molecule has 1 atom stereocenters. The Bertz CT molecular complexity index is 631. The number of benzene rings is 1. The maximum Gasteiger partial charge on any atom is 0.311 e. The molecule has 0 amide bonds. The zero-order chi connectivity index (χ0) is 15.0. The topological polar surface area (TPSA) is 74.7 Å². The summed E-state index contributed by atoms with van der Waals surface area (Å²) < 4.78 is 26.9. The number of rotatable bonds is 4. The van der Waals surface area contributed by atoms with Crippen molar-refractivity contribution in [3.63, 3.8) is 0 Å². The molecule has 0 aliphatic carbocycles. The normalized spacial score (nSPS) is 23.9. The molecule has 0 aromatic heterocycles. The van der Waals surface area contributed by atoms with Crippen molar-refractivity contribution in [2.45, 2.75) is 24.7 Å². The first kappa shape index (κ1) is 15.5. The van der Waals surface area contributed by atoms with Crippen LogP contribution < -0.4 is 0 Å². The summed E-state index contributed by atoms with van der Waals surface area (Å²) in [5, 5.41) is 9.34. The van der Waals surface area contributed by atoms with Gasteiger partial charge in [0.05, 0.1) is 10.3 Å². The monoisotopic (exact) mass is 361 g/mol. The summed E-state index contributed by atoms with van der Waals surface area (Å²) in [6.45, 7) is 2.05. The van der Waals surface area contributed by atoms with E-state index in [1.807, 2.05) is 0 Å². The Morgan fingerprint density at radius 1 is 1.45 bits per heavy atom. The van der Waals surface area contributed by atoms with Crippen molar-refractivity contribution in [3.8, 4) is 0 Å². The Morgan fingerprint density at radius 3 is 2.60 bits per heavy atom. The maximum atomic E-state index is 12.6. The van der Waals surface area contributed by atoms with Gasteiger partial charge < -0.3 is 5.11 Å². The Balaban J connectivity index is 2.35. The molecule has 1 aromatic rings.